The number of nitrogens with zero attached hydrogens (tertiary/aromatic N) is 5. The Bertz CT molecular complexity index is 628. The van der Waals surface area contributed by atoms with Gasteiger partial charge in [0.2, 0.25) is 0 Å². The van der Waals surface area contributed by atoms with Crippen LogP contribution in [0.15, 0.2) is 29.3 Å². The molecule has 0 spiro atoms. The number of aryl methyl sites for hydroxylation is 2. The molecule has 2 N–H and O–H groups in total. The van der Waals surface area contributed by atoms with Crippen molar-refractivity contribution in [3.63, 3.8) is 0 Å². The lowest BCUT2D eigenvalue weighted by molar-refractivity contribution is 0.486. The Morgan fingerprint density at radius 2 is 2.05 bits per heavy atom. The summed E-state index contributed by atoms with van der Waals surface area (Å²) in [6.07, 6.45) is 4.36. The van der Waals surface area contributed by atoms with Gasteiger partial charge in [0.25, 0.3) is 5.56 Å². The molecule has 114 valence electrons. The van der Waals surface area contributed by atoms with Gasteiger partial charge in [-0.25, -0.2) is 4.68 Å². The molecule has 2 heterocycles. The van der Waals surface area contributed by atoms with Crippen LogP contribution < -0.4 is 16.2 Å². The van der Waals surface area contributed by atoms with Crippen LogP contribution in [0.5, 0.6) is 0 Å². The number of hydrogen-bond acceptors (Lipinski definition) is 5. The van der Waals surface area contributed by atoms with Crippen LogP contribution in [0, 0.1) is 0 Å². The number of nitrogen functional groups attached to an aromatic ring is 1. The van der Waals surface area contributed by atoms with Gasteiger partial charge in [-0.2, -0.15) is 10.2 Å². The maximum Gasteiger partial charge on any atom is 0.268 e. The van der Waals surface area contributed by atoms with E-state index in [9.17, 15) is 4.79 Å². The molecule has 0 amide bonds. The zero-order valence-electron chi connectivity index (χ0n) is 12.6. The minimum atomic E-state index is -0.0700. The summed E-state index contributed by atoms with van der Waals surface area (Å²) in [6.45, 7) is 7.13. The van der Waals surface area contributed by atoms with Gasteiger partial charge in [-0.05, 0) is 26.3 Å². The highest BCUT2D eigenvalue weighted by Crippen LogP contribution is 2.08. The second-order valence-electron chi connectivity index (χ2n) is 4.80. The van der Waals surface area contributed by atoms with Crippen molar-refractivity contribution in [3.8, 4) is 0 Å². The zero-order chi connectivity index (χ0) is 15.2. The highest BCUT2D eigenvalue weighted by atomic mass is 16.1. The van der Waals surface area contributed by atoms with E-state index < -0.39 is 0 Å². The van der Waals surface area contributed by atoms with Crippen molar-refractivity contribution < 1.29 is 0 Å². The molecular formula is C14H22N6O. The van der Waals surface area contributed by atoms with Crippen molar-refractivity contribution in [1.82, 2.24) is 19.6 Å². The molecule has 7 heteroatoms. The molecule has 0 saturated heterocycles. The van der Waals surface area contributed by atoms with Crippen molar-refractivity contribution >= 4 is 11.5 Å². The molecule has 21 heavy (non-hydrogen) atoms. The van der Waals surface area contributed by atoms with E-state index in [2.05, 4.69) is 28.9 Å². The number of nitrogens with two attached hydrogens (primary N) is 1. The minimum Gasteiger partial charge on any atom is -0.382 e. The van der Waals surface area contributed by atoms with Crippen LogP contribution >= 0.6 is 0 Å². The second-order valence-corrected chi connectivity index (χ2v) is 4.80. The summed E-state index contributed by atoms with van der Waals surface area (Å²) < 4.78 is 3.25. The topological polar surface area (TPSA) is 82.0 Å². The van der Waals surface area contributed by atoms with E-state index in [0.717, 1.165) is 25.2 Å². The maximum absolute atomic E-state index is 12.1. The molecule has 2 aromatic heterocycles. The summed E-state index contributed by atoms with van der Waals surface area (Å²) in [4.78, 5) is 14.2. The lowest BCUT2D eigenvalue weighted by Gasteiger charge is -2.20. The average molecular weight is 290 g/mol. The standard InChI is InChI=1S/C14H22N6O/c1-3-18(4-2)12-10-14(21)20(16-11-12)8-5-7-19-9-6-13(15)17-19/h6,9-11H,3-5,7-8H2,1-2H3,(H2,15,17). The Hall–Kier alpha value is -2.31. The van der Waals surface area contributed by atoms with Gasteiger partial charge in [-0.15, -0.1) is 0 Å². The van der Waals surface area contributed by atoms with Crippen LogP contribution in [0.3, 0.4) is 0 Å². The lowest BCUT2D eigenvalue weighted by Crippen LogP contribution is -2.28. The summed E-state index contributed by atoms with van der Waals surface area (Å²) in [5, 5.41) is 8.34. The molecule has 0 fully saturated rings. The normalized spacial score (nSPS) is 10.8. The summed E-state index contributed by atoms with van der Waals surface area (Å²) in [5.41, 5.74) is 6.36. The van der Waals surface area contributed by atoms with Gasteiger partial charge < -0.3 is 10.6 Å². The van der Waals surface area contributed by atoms with Crippen molar-refractivity contribution in [2.45, 2.75) is 33.4 Å². The predicted molar refractivity (Wildman–Crippen MR) is 83.3 cm³/mol. The van der Waals surface area contributed by atoms with Gasteiger partial charge in [0, 0.05) is 38.4 Å². The molecule has 0 aliphatic carbocycles. The lowest BCUT2D eigenvalue weighted by atomic mass is 10.3. The fourth-order valence-electron chi connectivity index (χ4n) is 2.24. The van der Waals surface area contributed by atoms with Crippen molar-refractivity contribution in [2.75, 3.05) is 23.7 Å². The molecule has 0 aromatic carbocycles. The molecule has 0 atom stereocenters. The van der Waals surface area contributed by atoms with Crippen LogP contribution in [-0.4, -0.2) is 32.7 Å². The summed E-state index contributed by atoms with van der Waals surface area (Å²) in [5.74, 6) is 0.508. The molecule has 0 saturated carbocycles. The van der Waals surface area contributed by atoms with E-state index >= 15 is 0 Å². The smallest absolute Gasteiger partial charge is 0.268 e. The largest absolute Gasteiger partial charge is 0.382 e. The van der Waals surface area contributed by atoms with E-state index in [4.69, 9.17) is 5.73 Å². The van der Waals surface area contributed by atoms with Crippen molar-refractivity contribution in [3.05, 3.63) is 34.9 Å². The Morgan fingerprint density at radius 1 is 1.29 bits per heavy atom. The Morgan fingerprint density at radius 3 is 2.62 bits per heavy atom. The average Bonchev–Trinajstić information content (AvgIpc) is 2.88. The monoisotopic (exact) mass is 290 g/mol. The first-order valence-corrected chi connectivity index (χ1v) is 7.25. The summed E-state index contributed by atoms with van der Waals surface area (Å²) in [6, 6.07) is 3.40. The van der Waals surface area contributed by atoms with Gasteiger partial charge in [0.15, 0.2) is 0 Å². The third-order valence-electron chi connectivity index (χ3n) is 3.40. The van der Waals surface area contributed by atoms with Gasteiger partial charge in [0.05, 0.1) is 11.9 Å². The first-order valence-electron chi connectivity index (χ1n) is 7.25. The SMILES string of the molecule is CCN(CC)c1cnn(CCCn2ccc(N)n2)c(=O)c1. The fraction of sp³-hybridized carbons (Fsp3) is 0.500. The highest BCUT2D eigenvalue weighted by molar-refractivity contribution is 5.42. The quantitative estimate of drug-likeness (QED) is 0.821. The van der Waals surface area contributed by atoms with Gasteiger partial charge in [0.1, 0.15) is 5.82 Å². The van der Waals surface area contributed by atoms with E-state index in [1.165, 1.54) is 4.68 Å². The van der Waals surface area contributed by atoms with Crippen LogP contribution in [0.4, 0.5) is 11.5 Å². The van der Waals surface area contributed by atoms with E-state index in [1.54, 1.807) is 23.0 Å². The third-order valence-corrected chi connectivity index (χ3v) is 3.40. The molecule has 0 aliphatic rings. The summed E-state index contributed by atoms with van der Waals surface area (Å²) in [7, 11) is 0. The van der Waals surface area contributed by atoms with Crippen molar-refractivity contribution in [2.24, 2.45) is 0 Å². The fourth-order valence-corrected chi connectivity index (χ4v) is 2.24. The van der Waals surface area contributed by atoms with Crippen LogP contribution in [-0.2, 0) is 13.1 Å². The van der Waals surface area contributed by atoms with Crippen LogP contribution in [0.2, 0.25) is 0 Å². The number of aromatic nitrogens is 4. The summed E-state index contributed by atoms with van der Waals surface area (Å²) >= 11 is 0. The molecule has 0 aliphatic heterocycles. The highest BCUT2D eigenvalue weighted by Gasteiger charge is 2.05. The minimum absolute atomic E-state index is 0.0700. The first kappa shape index (κ1) is 15.1. The number of rotatable bonds is 7. The first-order chi connectivity index (χ1) is 10.1. The Kier molecular flexibility index (Phi) is 4.97. The van der Waals surface area contributed by atoms with E-state index in [0.29, 0.717) is 18.9 Å². The Labute approximate surface area is 124 Å². The predicted octanol–water partition coefficient (Wildman–Crippen LogP) is 0.958. The van der Waals surface area contributed by atoms with Gasteiger partial charge in [-0.3, -0.25) is 9.48 Å². The number of anilines is 2. The Balaban J connectivity index is 1.96. The molecule has 2 rings (SSSR count). The molecule has 0 unspecified atom stereocenters. The second kappa shape index (κ2) is 6.92. The zero-order valence-corrected chi connectivity index (χ0v) is 12.6. The van der Waals surface area contributed by atoms with Gasteiger partial charge in [-0.1, -0.05) is 0 Å². The van der Waals surface area contributed by atoms with E-state index in [1.807, 2.05) is 6.20 Å². The van der Waals surface area contributed by atoms with Gasteiger partial charge >= 0.3 is 0 Å². The van der Waals surface area contributed by atoms with Crippen LogP contribution in [0.1, 0.15) is 20.3 Å². The van der Waals surface area contributed by atoms with Crippen molar-refractivity contribution in [1.29, 1.82) is 0 Å². The molecule has 0 radical (unpaired) electrons. The van der Waals surface area contributed by atoms with E-state index in [-0.39, 0.29) is 5.56 Å². The molecule has 0 bridgehead atoms. The molecule has 2 aromatic rings. The maximum atomic E-state index is 12.1. The van der Waals surface area contributed by atoms with Crippen LogP contribution in [0.25, 0.3) is 0 Å². The number of hydrogen-bond donors (Lipinski definition) is 1. The molecule has 7 nitrogen and oxygen atoms in total. The third kappa shape index (κ3) is 3.84. The molecular weight excluding hydrogens is 268 g/mol.